The van der Waals surface area contributed by atoms with E-state index in [0.717, 1.165) is 7.11 Å². The fraction of sp³-hybridized carbons (Fsp3) is 0.455. The average molecular weight is 264 g/mol. The van der Waals surface area contributed by atoms with Crippen molar-refractivity contribution in [3.63, 3.8) is 0 Å². The molecule has 0 aliphatic heterocycles. The van der Waals surface area contributed by atoms with Crippen LogP contribution in [0.5, 0.6) is 0 Å². The van der Waals surface area contributed by atoms with Gasteiger partial charge in [-0.05, 0) is 13.8 Å². The molecule has 0 spiro atoms. The Hall–Kier alpha value is -1.70. The molecule has 0 amide bonds. The van der Waals surface area contributed by atoms with Gasteiger partial charge in [-0.3, -0.25) is 0 Å². The van der Waals surface area contributed by atoms with E-state index in [9.17, 15) is 9.59 Å². The Balaban J connectivity index is -0.000000219. The highest BCUT2D eigenvalue weighted by Gasteiger charge is 1.99. The predicted molar refractivity (Wildman–Crippen MR) is 64.1 cm³/mol. The van der Waals surface area contributed by atoms with Crippen molar-refractivity contribution in [1.82, 2.24) is 0 Å². The lowest BCUT2D eigenvalue weighted by Gasteiger charge is -1.95. The Morgan fingerprint density at radius 2 is 1.11 bits per heavy atom. The molecule has 0 saturated heterocycles. The molecule has 0 rings (SSSR count). The van der Waals surface area contributed by atoms with E-state index in [1.54, 1.807) is 0 Å². The van der Waals surface area contributed by atoms with E-state index in [1.165, 1.54) is 13.8 Å². The van der Waals surface area contributed by atoms with Crippen molar-refractivity contribution in [2.45, 2.75) is 13.8 Å². The first-order valence-electron chi connectivity index (χ1n) is 4.68. The first-order chi connectivity index (χ1) is 8.36. The molecule has 0 radical (unpaired) electrons. The monoisotopic (exact) mass is 264 g/mol. The zero-order valence-corrected chi connectivity index (χ0v) is 10.8. The molecule has 0 aliphatic carbocycles. The van der Waals surface area contributed by atoms with Gasteiger partial charge in [0.15, 0.2) is 13.6 Å². The lowest BCUT2D eigenvalue weighted by Crippen LogP contribution is -2.04. The fourth-order valence-corrected chi connectivity index (χ4v) is 0.364. The van der Waals surface area contributed by atoms with Crippen molar-refractivity contribution in [1.29, 1.82) is 0 Å². The second-order valence-corrected chi connectivity index (χ2v) is 2.68. The number of esters is 2. The Morgan fingerprint density at radius 3 is 1.17 bits per heavy atom. The largest absolute Gasteiger partial charge is 0.435 e. The number of hydrogen-bond donors (Lipinski definition) is 3. The molecule has 0 saturated carbocycles. The van der Waals surface area contributed by atoms with Gasteiger partial charge in [-0.25, -0.2) is 9.59 Å². The molecule has 0 aromatic carbocycles. The first-order valence-corrected chi connectivity index (χ1v) is 4.68. The number of aliphatic hydroxyl groups is 3. The molecule has 0 atom stereocenters. The third-order valence-corrected chi connectivity index (χ3v) is 1.09. The van der Waals surface area contributed by atoms with Gasteiger partial charge in [0.05, 0.1) is 0 Å². The number of carbonyl (C=O) groups excluding carboxylic acids is 2. The summed E-state index contributed by atoms with van der Waals surface area (Å²) >= 11 is 0. The van der Waals surface area contributed by atoms with Crippen LogP contribution in [-0.2, 0) is 19.1 Å². The molecule has 0 unspecified atom stereocenters. The van der Waals surface area contributed by atoms with Crippen molar-refractivity contribution in [3.8, 4) is 0 Å². The van der Waals surface area contributed by atoms with E-state index in [1.807, 2.05) is 0 Å². The molecule has 7 heteroatoms. The average Bonchev–Trinajstić information content (AvgIpc) is 2.33. The summed E-state index contributed by atoms with van der Waals surface area (Å²) in [7, 11) is 1.00. The van der Waals surface area contributed by atoms with Crippen molar-refractivity contribution in [2.24, 2.45) is 0 Å². The van der Waals surface area contributed by atoms with Crippen molar-refractivity contribution in [3.05, 3.63) is 24.3 Å². The third-order valence-electron chi connectivity index (χ3n) is 1.09. The van der Waals surface area contributed by atoms with Crippen LogP contribution in [0.1, 0.15) is 13.8 Å². The zero-order chi connectivity index (χ0) is 15.1. The van der Waals surface area contributed by atoms with E-state index in [4.69, 9.17) is 15.3 Å². The number of hydrogen-bond acceptors (Lipinski definition) is 7. The molecule has 0 heterocycles. The molecular weight excluding hydrogens is 244 g/mol. The molecule has 0 fully saturated rings. The normalized spacial score (nSPS) is 7.67. The van der Waals surface area contributed by atoms with Gasteiger partial charge in [0.2, 0.25) is 0 Å². The Kier molecular flexibility index (Phi) is 18.3. The molecule has 0 aromatic heterocycles. The third kappa shape index (κ3) is 16.7. The lowest BCUT2D eigenvalue weighted by atomic mass is 10.4. The SMILES string of the molecule is C=C(C)C(=O)OCO.C=C(C)C(=O)OCO.CO. The van der Waals surface area contributed by atoms with E-state index in [0.29, 0.717) is 11.1 Å². The second kappa shape index (κ2) is 15.3. The van der Waals surface area contributed by atoms with Crippen LogP contribution in [0.2, 0.25) is 0 Å². The molecule has 0 aliphatic rings. The maximum absolute atomic E-state index is 10.3. The minimum Gasteiger partial charge on any atom is -0.435 e. The predicted octanol–water partition coefficient (Wildman–Crippen LogP) is -0.281. The molecule has 0 bridgehead atoms. The molecule has 3 N–H and O–H groups in total. The first kappa shape index (κ1) is 21.6. The summed E-state index contributed by atoms with van der Waals surface area (Å²) in [6.07, 6.45) is 0. The van der Waals surface area contributed by atoms with Gasteiger partial charge in [-0.15, -0.1) is 0 Å². The van der Waals surface area contributed by atoms with Crippen LogP contribution in [0.3, 0.4) is 0 Å². The minimum atomic E-state index is -0.578. The number of aliphatic hydroxyl groups excluding tert-OH is 3. The zero-order valence-electron chi connectivity index (χ0n) is 10.8. The molecule has 0 aromatic rings. The van der Waals surface area contributed by atoms with E-state index in [-0.39, 0.29) is 0 Å². The maximum atomic E-state index is 10.3. The van der Waals surface area contributed by atoms with Crippen LogP contribution in [0.4, 0.5) is 0 Å². The van der Waals surface area contributed by atoms with Gasteiger partial charge >= 0.3 is 11.9 Å². The second-order valence-electron chi connectivity index (χ2n) is 2.68. The number of carbonyl (C=O) groups is 2. The van der Waals surface area contributed by atoms with Crippen LogP contribution in [0, 0.1) is 0 Å². The highest BCUT2D eigenvalue weighted by atomic mass is 16.6. The topological polar surface area (TPSA) is 113 Å². The standard InChI is InChI=1S/2C5H8O3.CH4O/c2*1-4(2)5(7)8-3-6;1-2/h2*6H,1,3H2,2H3;2H,1H3. The van der Waals surface area contributed by atoms with Gasteiger partial charge in [-0.1, -0.05) is 13.2 Å². The summed E-state index contributed by atoms with van der Waals surface area (Å²) in [6, 6.07) is 0. The van der Waals surface area contributed by atoms with Crippen molar-refractivity contribution < 1.29 is 34.4 Å². The number of ether oxygens (including phenoxy) is 2. The van der Waals surface area contributed by atoms with Crippen LogP contribution >= 0.6 is 0 Å². The Bertz CT molecular complexity index is 243. The van der Waals surface area contributed by atoms with E-state index < -0.39 is 25.5 Å². The van der Waals surface area contributed by atoms with E-state index >= 15 is 0 Å². The smallest absolute Gasteiger partial charge is 0.335 e. The minimum absolute atomic E-state index is 0.291. The van der Waals surface area contributed by atoms with Crippen LogP contribution < -0.4 is 0 Å². The number of rotatable bonds is 4. The molecule has 7 nitrogen and oxygen atoms in total. The summed E-state index contributed by atoms with van der Waals surface area (Å²) in [5, 5.41) is 23.0. The van der Waals surface area contributed by atoms with Gasteiger partial charge in [-0.2, -0.15) is 0 Å². The Morgan fingerprint density at radius 1 is 0.889 bits per heavy atom. The van der Waals surface area contributed by atoms with E-state index in [2.05, 4.69) is 22.6 Å². The van der Waals surface area contributed by atoms with Gasteiger partial charge in [0.1, 0.15) is 0 Å². The fourth-order valence-electron chi connectivity index (χ4n) is 0.364. The van der Waals surface area contributed by atoms with Crippen LogP contribution in [-0.4, -0.2) is 48.0 Å². The summed E-state index contributed by atoms with van der Waals surface area (Å²) in [6.45, 7) is 8.44. The summed E-state index contributed by atoms with van der Waals surface area (Å²) < 4.78 is 8.24. The van der Waals surface area contributed by atoms with Crippen molar-refractivity contribution in [2.75, 3.05) is 20.7 Å². The molecule has 106 valence electrons. The van der Waals surface area contributed by atoms with Gasteiger partial charge < -0.3 is 24.8 Å². The van der Waals surface area contributed by atoms with Crippen LogP contribution in [0.25, 0.3) is 0 Å². The van der Waals surface area contributed by atoms with Gasteiger partial charge in [0, 0.05) is 18.3 Å². The van der Waals surface area contributed by atoms with Crippen molar-refractivity contribution >= 4 is 11.9 Å². The summed E-state index contributed by atoms with van der Waals surface area (Å²) in [5.41, 5.74) is 0.582. The maximum Gasteiger partial charge on any atom is 0.335 e. The molecular formula is C11H20O7. The molecule has 18 heavy (non-hydrogen) atoms. The van der Waals surface area contributed by atoms with Crippen LogP contribution in [0.15, 0.2) is 24.3 Å². The summed E-state index contributed by atoms with van der Waals surface area (Å²) in [5.74, 6) is -1.12. The van der Waals surface area contributed by atoms with Gasteiger partial charge in [0.25, 0.3) is 0 Å². The quantitative estimate of drug-likeness (QED) is 0.363. The highest BCUT2D eigenvalue weighted by Crippen LogP contribution is 1.89. The summed E-state index contributed by atoms with van der Waals surface area (Å²) in [4.78, 5) is 20.5. The Labute approximate surface area is 106 Å². The highest BCUT2D eigenvalue weighted by molar-refractivity contribution is 5.87. The lowest BCUT2D eigenvalue weighted by molar-refractivity contribution is -0.147.